The number of pyridine rings is 1. The molecule has 0 aliphatic rings. The Morgan fingerprint density at radius 3 is 1.64 bits per heavy atom. The fourth-order valence-electron chi connectivity index (χ4n) is 5.15. The van der Waals surface area contributed by atoms with Crippen molar-refractivity contribution in [3.05, 3.63) is 83.9 Å². The molecule has 0 saturated heterocycles. The third-order valence-electron chi connectivity index (χ3n) is 7.51. The van der Waals surface area contributed by atoms with E-state index in [4.69, 9.17) is 17.7 Å². The van der Waals surface area contributed by atoms with Gasteiger partial charge < -0.3 is 9.29 Å². The van der Waals surface area contributed by atoms with Gasteiger partial charge in [0, 0.05) is 12.1 Å². The van der Waals surface area contributed by atoms with E-state index in [1.807, 2.05) is 67.7 Å². The molecule has 10 heteroatoms. The maximum absolute atomic E-state index is 13.4. The van der Waals surface area contributed by atoms with Crippen molar-refractivity contribution in [3.8, 4) is 5.75 Å². The molecule has 0 spiro atoms. The Labute approximate surface area is 257 Å². The van der Waals surface area contributed by atoms with Gasteiger partial charge in [0.2, 0.25) is 11.0 Å². The number of hydrogen-bond donors (Lipinski definition) is 0. The van der Waals surface area contributed by atoms with Gasteiger partial charge in [0.25, 0.3) is 0 Å². The highest BCUT2D eigenvalue weighted by Crippen LogP contribution is 2.26. The average molecular weight is 632 g/mol. The zero-order chi connectivity index (χ0) is 32.2. The number of aromatic nitrogens is 1. The smallest absolute Gasteiger partial charge is 0.485 e. The molecule has 1 aromatic heterocycles. The second-order valence-corrected chi connectivity index (χ2v) is 12.2. The number of hydrogen-bond acceptors (Lipinski definition) is 5. The van der Waals surface area contributed by atoms with Crippen LogP contribution >= 0.6 is 0 Å². The van der Waals surface area contributed by atoms with Gasteiger partial charge in [-0.15, -0.1) is 0 Å². The van der Waals surface area contributed by atoms with E-state index >= 15 is 0 Å². The number of halogens is 3. The van der Waals surface area contributed by atoms with E-state index in [1.165, 1.54) is 69.8 Å². The summed E-state index contributed by atoms with van der Waals surface area (Å²) in [5, 5.41) is 1.81. The van der Waals surface area contributed by atoms with Crippen LogP contribution < -0.4 is 9.30 Å². The predicted octanol–water partition coefficient (Wildman–Crippen LogP) is 8.55. The lowest BCUT2D eigenvalue weighted by Gasteiger charge is -2.10. The van der Waals surface area contributed by atoms with Gasteiger partial charge in [-0.2, -0.15) is 17.7 Å². The third-order valence-corrected chi connectivity index (χ3v) is 8.08. The second kappa shape index (κ2) is 16.5. The van der Waals surface area contributed by atoms with Crippen molar-refractivity contribution in [2.75, 3.05) is 0 Å². The average Bonchev–Trinajstić information content (AvgIpc) is 2.98. The minimum absolute atomic E-state index is 0.314. The molecule has 1 heterocycles. The molecule has 0 unspecified atom stereocenters. The number of fused-ring (bicyclic) bond motifs is 2. The molecule has 0 amide bonds. The molecule has 0 aliphatic carbocycles. The largest absolute Gasteiger partial charge is 0.741 e. The van der Waals surface area contributed by atoms with Crippen molar-refractivity contribution in [1.82, 2.24) is 0 Å². The molecule has 0 aliphatic heterocycles. The highest BCUT2D eigenvalue weighted by molar-refractivity contribution is 7.86. The van der Waals surface area contributed by atoms with E-state index in [0.29, 0.717) is 11.3 Å². The first kappa shape index (κ1) is 35.0. The molecule has 238 valence electrons. The van der Waals surface area contributed by atoms with Crippen LogP contribution in [0.4, 0.5) is 13.2 Å². The van der Waals surface area contributed by atoms with Crippen molar-refractivity contribution < 1.29 is 40.2 Å². The monoisotopic (exact) mass is 631 g/mol. The van der Waals surface area contributed by atoms with Gasteiger partial charge in [0.05, 0.1) is 16.3 Å². The molecular formula is C34H40F3NO5S. The first-order chi connectivity index (χ1) is 20.9. The SMILES string of the molecule is CCCCCCCCCCCCc1ccc(OC(=O)c2c3ccccc3[n+](C)c3ccccc23)cc1.O=S(=O)([O-])C(F)(F)F. The predicted molar refractivity (Wildman–Crippen MR) is 165 cm³/mol. The first-order valence-electron chi connectivity index (χ1n) is 15.1. The zero-order valence-electron chi connectivity index (χ0n) is 25.2. The molecule has 0 fully saturated rings. The molecule has 0 atom stereocenters. The number of rotatable bonds is 13. The number of aryl methyl sites for hydroxylation is 2. The molecule has 4 aromatic rings. The number of carbonyl (C=O) groups excluding carboxylic acids is 1. The van der Waals surface area contributed by atoms with Gasteiger partial charge in [-0.25, -0.2) is 13.2 Å². The fraction of sp³-hybridized carbons (Fsp3) is 0.412. The van der Waals surface area contributed by atoms with Crippen molar-refractivity contribution in [1.29, 1.82) is 0 Å². The number of benzene rings is 3. The molecule has 0 saturated carbocycles. The maximum Gasteiger partial charge on any atom is 0.485 e. The van der Waals surface area contributed by atoms with Crippen LogP contribution in [0.15, 0.2) is 72.8 Å². The van der Waals surface area contributed by atoms with Crippen LogP contribution in [0.3, 0.4) is 0 Å². The summed E-state index contributed by atoms with van der Waals surface area (Å²) in [6.07, 6.45) is 14.6. The van der Waals surface area contributed by atoms with E-state index < -0.39 is 15.6 Å². The summed E-state index contributed by atoms with van der Waals surface area (Å²) in [6, 6.07) is 24.1. The summed E-state index contributed by atoms with van der Waals surface area (Å²) >= 11 is 0. The first-order valence-corrected chi connectivity index (χ1v) is 16.5. The Morgan fingerprint density at radius 2 is 1.18 bits per heavy atom. The highest BCUT2D eigenvalue weighted by Gasteiger charge is 2.37. The van der Waals surface area contributed by atoms with E-state index in [0.717, 1.165) is 28.2 Å². The molecular weight excluding hydrogens is 591 g/mol. The van der Waals surface area contributed by atoms with E-state index in [1.54, 1.807) is 0 Å². The molecule has 0 bridgehead atoms. The Morgan fingerprint density at radius 1 is 0.750 bits per heavy atom. The number of unbranched alkanes of at least 4 members (excludes halogenated alkanes) is 9. The number of para-hydroxylation sites is 2. The van der Waals surface area contributed by atoms with Crippen LogP contribution in [-0.4, -0.2) is 24.4 Å². The molecule has 0 N–H and O–H groups in total. The van der Waals surface area contributed by atoms with Crippen molar-refractivity contribution in [3.63, 3.8) is 0 Å². The Balaban J connectivity index is 0.000000583. The standard InChI is InChI=1S/C33H40NO2.CHF3O3S/c1-3-4-5-6-7-8-9-10-11-12-17-26-22-24-27(25-23-26)36-33(35)32-28-18-13-15-20-30(28)34(2)31-21-16-14-19-29(31)32;2-1(3,4)8(5,6)7/h13-16,18-25H,3-12,17H2,1-2H3;(H,5,6,7)/q+1;/p-1. The van der Waals surface area contributed by atoms with Gasteiger partial charge in [-0.05, 0) is 42.7 Å². The number of alkyl halides is 3. The van der Waals surface area contributed by atoms with Gasteiger partial charge in [-0.3, -0.25) is 0 Å². The quantitative estimate of drug-likeness (QED) is 0.0281. The van der Waals surface area contributed by atoms with Gasteiger partial charge in [0.1, 0.15) is 12.8 Å². The maximum atomic E-state index is 13.4. The molecule has 3 aromatic carbocycles. The third kappa shape index (κ3) is 10.0. The number of nitrogens with zero attached hydrogens (tertiary/aromatic N) is 1. The Bertz CT molecular complexity index is 1560. The minimum atomic E-state index is -6.09. The van der Waals surface area contributed by atoms with Crippen LogP contribution in [0.1, 0.15) is 87.1 Å². The van der Waals surface area contributed by atoms with E-state index in [-0.39, 0.29) is 5.97 Å². The summed E-state index contributed by atoms with van der Waals surface area (Å²) in [7, 11) is -4.06. The molecule has 44 heavy (non-hydrogen) atoms. The lowest BCUT2D eigenvalue weighted by atomic mass is 10.0. The number of carbonyl (C=O) groups is 1. The van der Waals surface area contributed by atoms with Crippen LogP contribution in [0.2, 0.25) is 0 Å². The second-order valence-electron chi connectivity index (χ2n) is 10.8. The van der Waals surface area contributed by atoms with Gasteiger partial charge >= 0.3 is 11.5 Å². The van der Waals surface area contributed by atoms with Gasteiger partial charge in [-0.1, -0.05) is 101 Å². The van der Waals surface area contributed by atoms with Crippen molar-refractivity contribution >= 4 is 37.9 Å². The van der Waals surface area contributed by atoms with Crippen LogP contribution in [-0.2, 0) is 23.6 Å². The van der Waals surface area contributed by atoms with Gasteiger partial charge in [0.15, 0.2) is 10.1 Å². The van der Waals surface area contributed by atoms with Crippen molar-refractivity contribution in [2.45, 2.75) is 83.1 Å². The highest BCUT2D eigenvalue weighted by atomic mass is 32.2. The summed E-state index contributed by atoms with van der Waals surface area (Å²) in [4.78, 5) is 13.4. The Hall–Kier alpha value is -3.50. The van der Waals surface area contributed by atoms with Crippen LogP contribution in [0, 0.1) is 0 Å². The molecule has 4 rings (SSSR count). The summed E-state index contributed by atoms with van der Waals surface area (Å²) in [5.74, 6) is 0.277. The molecule has 6 nitrogen and oxygen atoms in total. The molecule has 0 radical (unpaired) electrons. The lowest BCUT2D eigenvalue weighted by Crippen LogP contribution is -2.31. The number of ether oxygens (including phenoxy) is 1. The Kier molecular flexibility index (Phi) is 13.1. The van der Waals surface area contributed by atoms with E-state index in [9.17, 15) is 18.0 Å². The minimum Gasteiger partial charge on any atom is -0.741 e. The topological polar surface area (TPSA) is 87.4 Å². The van der Waals surface area contributed by atoms with Crippen molar-refractivity contribution in [2.24, 2.45) is 7.05 Å². The normalized spacial score (nSPS) is 11.8. The summed E-state index contributed by atoms with van der Waals surface area (Å²) in [5.41, 5.74) is -1.71. The fourth-order valence-corrected chi connectivity index (χ4v) is 5.15. The van der Waals surface area contributed by atoms with Crippen LogP contribution in [0.25, 0.3) is 21.8 Å². The summed E-state index contributed by atoms with van der Waals surface area (Å²) < 4.78 is 66.9. The van der Waals surface area contributed by atoms with E-state index in [2.05, 4.69) is 23.6 Å². The van der Waals surface area contributed by atoms with Crippen LogP contribution in [0.5, 0.6) is 5.75 Å². The zero-order valence-corrected chi connectivity index (χ0v) is 26.1. The summed E-state index contributed by atoms with van der Waals surface area (Å²) in [6.45, 7) is 2.27. The number of esters is 1. The lowest BCUT2D eigenvalue weighted by molar-refractivity contribution is -0.617.